The highest BCUT2D eigenvalue weighted by molar-refractivity contribution is 7.88. The van der Waals surface area contributed by atoms with E-state index in [9.17, 15) is 8.42 Å². The molecule has 0 radical (unpaired) electrons. The van der Waals surface area contributed by atoms with Crippen LogP contribution < -0.4 is 0 Å². The molecule has 11 heavy (non-hydrogen) atoms. The molecule has 0 atom stereocenters. The molecular weight excluding hydrogens is 162 g/mol. The number of hydrogen-bond acceptors (Lipinski definition) is 2. The Hall–Kier alpha value is -0.350. The fraction of sp³-hybridized carbons (Fsp3) is 0.714. The molecule has 1 aliphatic rings. The van der Waals surface area contributed by atoms with Gasteiger partial charge in [-0.3, -0.25) is 0 Å². The Bertz CT molecular complexity index is 241. The molecule has 0 aromatic rings. The Kier molecular flexibility index (Phi) is 2.34. The van der Waals surface area contributed by atoms with E-state index in [1.165, 1.54) is 10.6 Å². The van der Waals surface area contributed by atoms with Gasteiger partial charge < -0.3 is 0 Å². The third kappa shape index (κ3) is 2.31. The Morgan fingerprint density at radius 3 is 2.45 bits per heavy atom. The lowest BCUT2D eigenvalue weighted by Crippen LogP contribution is -2.32. The molecule has 0 aliphatic heterocycles. The summed E-state index contributed by atoms with van der Waals surface area (Å²) in [6.07, 6.45) is 4.87. The maximum absolute atomic E-state index is 11.1. The molecule has 0 amide bonds. The van der Waals surface area contributed by atoms with E-state index in [0.717, 1.165) is 12.8 Å². The summed E-state index contributed by atoms with van der Waals surface area (Å²) in [5.74, 6) is 0. The minimum Gasteiger partial charge on any atom is -0.212 e. The molecular formula is C7H13NO2S. The molecule has 1 fully saturated rings. The Labute approximate surface area is 67.8 Å². The molecule has 0 saturated heterocycles. The SMILES string of the molecule is C=CCN(C1CC1)S(C)(=O)=O. The molecule has 0 aromatic heterocycles. The predicted molar refractivity (Wildman–Crippen MR) is 44.8 cm³/mol. The fourth-order valence-electron chi connectivity index (χ4n) is 1.05. The van der Waals surface area contributed by atoms with Crippen LogP contribution in [-0.2, 0) is 10.0 Å². The zero-order valence-corrected chi connectivity index (χ0v) is 7.47. The standard InChI is InChI=1S/C7H13NO2S/c1-3-6-8(7-4-5-7)11(2,9)10/h3,7H,1,4-6H2,2H3. The van der Waals surface area contributed by atoms with Crippen molar-refractivity contribution in [1.82, 2.24) is 4.31 Å². The Morgan fingerprint density at radius 2 is 2.18 bits per heavy atom. The maximum atomic E-state index is 11.1. The minimum atomic E-state index is -3.00. The highest BCUT2D eigenvalue weighted by atomic mass is 32.2. The monoisotopic (exact) mass is 175 g/mol. The lowest BCUT2D eigenvalue weighted by Gasteiger charge is -2.16. The molecule has 0 N–H and O–H groups in total. The molecule has 1 aliphatic carbocycles. The van der Waals surface area contributed by atoms with Crippen LogP contribution in [0.4, 0.5) is 0 Å². The van der Waals surface area contributed by atoms with Gasteiger partial charge in [-0.25, -0.2) is 8.42 Å². The van der Waals surface area contributed by atoms with Crippen LogP contribution in [0.5, 0.6) is 0 Å². The normalized spacial score (nSPS) is 18.7. The smallest absolute Gasteiger partial charge is 0.211 e. The largest absolute Gasteiger partial charge is 0.212 e. The van der Waals surface area contributed by atoms with Crippen molar-refractivity contribution >= 4 is 10.0 Å². The summed E-state index contributed by atoms with van der Waals surface area (Å²) in [5.41, 5.74) is 0. The van der Waals surface area contributed by atoms with E-state index in [4.69, 9.17) is 0 Å². The molecule has 1 rings (SSSR count). The van der Waals surface area contributed by atoms with Gasteiger partial charge in [-0.15, -0.1) is 6.58 Å². The number of nitrogens with zero attached hydrogens (tertiary/aromatic N) is 1. The van der Waals surface area contributed by atoms with Crippen LogP contribution in [0.3, 0.4) is 0 Å². The van der Waals surface area contributed by atoms with Gasteiger partial charge in [0, 0.05) is 12.6 Å². The topological polar surface area (TPSA) is 37.4 Å². The molecule has 0 heterocycles. The zero-order chi connectivity index (χ0) is 8.48. The van der Waals surface area contributed by atoms with E-state index in [2.05, 4.69) is 6.58 Å². The van der Waals surface area contributed by atoms with Gasteiger partial charge in [-0.1, -0.05) is 6.08 Å². The summed E-state index contributed by atoms with van der Waals surface area (Å²) in [5, 5.41) is 0. The van der Waals surface area contributed by atoms with E-state index in [1.807, 2.05) is 0 Å². The quantitative estimate of drug-likeness (QED) is 0.587. The number of hydrogen-bond donors (Lipinski definition) is 0. The van der Waals surface area contributed by atoms with Gasteiger partial charge in [0.25, 0.3) is 0 Å². The van der Waals surface area contributed by atoms with Crippen LogP contribution in [-0.4, -0.2) is 31.6 Å². The van der Waals surface area contributed by atoms with Gasteiger partial charge in [-0.2, -0.15) is 4.31 Å². The Balaban J connectivity index is 2.66. The molecule has 0 bridgehead atoms. The molecule has 0 spiro atoms. The van der Waals surface area contributed by atoms with Crippen molar-refractivity contribution in [3.05, 3.63) is 12.7 Å². The van der Waals surface area contributed by atoms with Gasteiger partial charge in [0.05, 0.1) is 6.26 Å². The summed E-state index contributed by atoms with van der Waals surface area (Å²) >= 11 is 0. The average molecular weight is 175 g/mol. The lowest BCUT2D eigenvalue weighted by atomic mass is 10.6. The van der Waals surface area contributed by atoms with E-state index in [0.29, 0.717) is 6.54 Å². The van der Waals surface area contributed by atoms with Crippen LogP contribution in [0.15, 0.2) is 12.7 Å². The van der Waals surface area contributed by atoms with E-state index < -0.39 is 10.0 Å². The first kappa shape index (κ1) is 8.74. The zero-order valence-electron chi connectivity index (χ0n) is 6.66. The van der Waals surface area contributed by atoms with Crippen LogP contribution in [0.2, 0.25) is 0 Å². The maximum Gasteiger partial charge on any atom is 0.211 e. The third-order valence-electron chi connectivity index (χ3n) is 1.69. The van der Waals surface area contributed by atoms with Crippen LogP contribution >= 0.6 is 0 Å². The van der Waals surface area contributed by atoms with E-state index in [1.54, 1.807) is 6.08 Å². The second-order valence-electron chi connectivity index (χ2n) is 2.85. The van der Waals surface area contributed by atoms with Crippen molar-refractivity contribution < 1.29 is 8.42 Å². The summed E-state index contributed by atoms with van der Waals surface area (Å²) in [6, 6.07) is 0.253. The first-order valence-corrected chi connectivity index (χ1v) is 5.48. The van der Waals surface area contributed by atoms with Crippen molar-refractivity contribution in [2.45, 2.75) is 18.9 Å². The fourth-order valence-corrected chi connectivity index (χ4v) is 2.17. The van der Waals surface area contributed by atoms with Crippen molar-refractivity contribution in [3.8, 4) is 0 Å². The van der Waals surface area contributed by atoms with Crippen LogP contribution in [0.25, 0.3) is 0 Å². The Morgan fingerprint density at radius 1 is 1.64 bits per heavy atom. The molecule has 1 saturated carbocycles. The second kappa shape index (κ2) is 2.95. The van der Waals surface area contributed by atoms with Crippen molar-refractivity contribution in [2.24, 2.45) is 0 Å². The molecule has 3 nitrogen and oxygen atoms in total. The van der Waals surface area contributed by atoms with Gasteiger partial charge in [0.1, 0.15) is 0 Å². The molecule has 0 aromatic carbocycles. The molecule has 64 valence electrons. The predicted octanol–water partition coefficient (Wildman–Crippen LogP) is 0.596. The first-order valence-electron chi connectivity index (χ1n) is 3.63. The van der Waals surface area contributed by atoms with Gasteiger partial charge in [0.2, 0.25) is 10.0 Å². The average Bonchev–Trinajstić information content (AvgIpc) is 2.61. The van der Waals surface area contributed by atoms with Crippen molar-refractivity contribution in [1.29, 1.82) is 0 Å². The molecule has 0 unspecified atom stereocenters. The summed E-state index contributed by atoms with van der Waals surface area (Å²) in [4.78, 5) is 0. The van der Waals surface area contributed by atoms with Gasteiger partial charge in [0.15, 0.2) is 0 Å². The molecule has 4 heteroatoms. The van der Waals surface area contributed by atoms with Gasteiger partial charge in [-0.05, 0) is 12.8 Å². The highest BCUT2D eigenvalue weighted by Gasteiger charge is 2.33. The summed E-state index contributed by atoms with van der Waals surface area (Å²) in [7, 11) is -3.00. The highest BCUT2D eigenvalue weighted by Crippen LogP contribution is 2.28. The lowest BCUT2D eigenvalue weighted by molar-refractivity contribution is 0.440. The summed E-state index contributed by atoms with van der Waals surface area (Å²) < 4.78 is 23.7. The van der Waals surface area contributed by atoms with E-state index in [-0.39, 0.29) is 6.04 Å². The first-order chi connectivity index (χ1) is 5.05. The third-order valence-corrected chi connectivity index (χ3v) is 2.99. The number of rotatable bonds is 4. The van der Waals surface area contributed by atoms with Crippen molar-refractivity contribution in [3.63, 3.8) is 0 Å². The van der Waals surface area contributed by atoms with Crippen molar-refractivity contribution in [2.75, 3.05) is 12.8 Å². The van der Waals surface area contributed by atoms with E-state index >= 15 is 0 Å². The minimum absolute atomic E-state index is 0.253. The summed E-state index contributed by atoms with van der Waals surface area (Å²) in [6.45, 7) is 3.97. The van der Waals surface area contributed by atoms with Gasteiger partial charge >= 0.3 is 0 Å². The number of sulfonamides is 1. The van der Waals surface area contributed by atoms with Crippen LogP contribution in [0, 0.1) is 0 Å². The second-order valence-corrected chi connectivity index (χ2v) is 4.79. The van der Waals surface area contributed by atoms with Crippen LogP contribution in [0.1, 0.15) is 12.8 Å².